The Morgan fingerprint density at radius 2 is 1.65 bits per heavy atom. The highest BCUT2D eigenvalue weighted by molar-refractivity contribution is 7.89. The molecule has 0 amide bonds. The molecule has 0 aliphatic carbocycles. The van der Waals surface area contributed by atoms with Crippen LogP contribution in [0.4, 0.5) is 0 Å². The molecule has 0 radical (unpaired) electrons. The number of aryl methyl sites for hydroxylation is 2. The summed E-state index contributed by atoms with van der Waals surface area (Å²) in [7, 11) is 1.98. The number of nitrogens with zero attached hydrogens (tertiary/aromatic N) is 2. The summed E-state index contributed by atoms with van der Waals surface area (Å²) in [6.45, 7) is 4.90. The number of sulfonamides is 1. The maximum absolute atomic E-state index is 12.6. The average Bonchev–Trinajstić information content (AvgIpc) is 2.35. The molecule has 1 aromatic rings. The maximum atomic E-state index is 12.6. The first-order chi connectivity index (χ1) is 9.20. The predicted molar refractivity (Wildman–Crippen MR) is 83.8 cm³/mol. The van der Waals surface area contributed by atoms with Crippen LogP contribution < -0.4 is 0 Å². The van der Waals surface area contributed by atoms with Gasteiger partial charge in [0.25, 0.3) is 0 Å². The summed E-state index contributed by atoms with van der Waals surface area (Å²) in [6, 6.07) is 3.57. The van der Waals surface area contributed by atoms with Gasteiger partial charge in [0, 0.05) is 26.0 Å². The molecule has 6 heteroatoms. The van der Waals surface area contributed by atoms with Gasteiger partial charge >= 0.3 is 0 Å². The molecular formula is C14H23ClN2O2S. The Labute approximate surface area is 127 Å². The molecule has 0 aliphatic rings. The summed E-state index contributed by atoms with van der Waals surface area (Å²) >= 11 is 5.87. The molecule has 0 bridgehead atoms. The Balaban J connectivity index is 3.15. The Hall–Kier alpha value is -0.620. The number of alkyl halides is 1. The van der Waals surface area contributed by atoms with Crippen molar-refractivity contribution >= 4 is 21.6 Å². The zero-order valence-corrected chi connectivity index (χ0v) is 14.3. The molecule has 0 N–H and O–H groups in total. The van der Waals surface area contributed by atoms with Crippen LogP contribution in [0.25, 0.3) is 0 Å². The van der Waals surface area contributed by atoms with E-state index < -0.39 is 10.0 Å². The third-order valence-corrected chi connectivity index (χ3v) is 5.61. The van der Waals surface area contributed by atoms with Crippen molar-refractivity contribution in [2.24, 2.45) is 0 Å². The summed E-state index contributed by atoms with van der Waals surface area (Å²) < 4.78 is 26.6. The fraction of sp³-hybridized carbons (Fsp3) is 0.571. The second-order valence-electron chi connectivity index (χ2n) is 5.31. The molecule has 0 fully saturated rings. The minimum atomic E-state index is -3.47. The van der Waals surface area contributed by atoms with Gasteiger partial charge in [-0.15, -0.1) is 11.6 Å². The highest BCUT2D eigenvalue weighted by Gasteiger charge is 2.23. The Morgan fingerprint density at radius 1 is 1.05 bits per heavy atom. The summed E-state index contributed by atoms with van der Waals surface area (Å²) in [5.74, 6) is 0.316. The van der Waals surface area contributed by atoms with Gasteiger partial charge in [0.15, 0.2) is 0 Å². The molecule has 0 unspecified atom stereocenters. The fourth-order valence-corrected chi connectivity index (χ4v) is 3.63. The van der Waals surface area contributed by atoms with Crippen LogP contribution in [0.3, 0.4) is 0 Å². The topological polar surface area (TPSA) is 40.6 Å². The maximum Gasteiger partial charge on any atom is 0.243 e. The van der Waals surface area contributed by atoms with Crippen LogP contribution >= 0.6 is 11.6 Å². The van der Waals surface area contributed by atoms with Gasteiger partial charge in [0.2, 0.25) is 10.0 Å². The van der Waals surface area contributed by atoms with Crippen LogP contribution in [0.1, 0.15) is 16.7 Å². The van der Waals surface area contributed by atoms with E-state index in [1.165, 1.54) is 4.31 Å². The van der Waals surface area contributed by atoms with Crippen LogP contribution in [0.5, 0.6) is 0 Å². The quantitative estimate of drug-likeness (QED) is 0.755. The predicted octanol–water partition coefficient (Wildman–Crippen LogP) is 2.22. The SMILES string of the molecule is Cc1cc(C)c(S(=O)(=O)N(C)CCN(C)C)cc1CCl. The first-order valence-electron chi connectivity index (χ1n) is 6.47. The summed E-state index contributed by atoms with van der Waals surface area (Å²) in [6.07, 6.45) is 0. The minimum absolute atomic E-state index is 0.316. The number of hydrogen-bond donors (Lipinski definition) is 0. The van der Waals surface area contributed by atoms with Crippen molar-refractivity contribution < 1.29 is 8.42 Å². The standard InChI is InChI=1S/C14H23ClN2O2S/c1-11-8-12(2)14(9-13(11)10-15)20(18,19)17(5)7-6-16(3)4/h8-9H,6-7,10H2,1-5H3. The zero-order chi connectivity index (χ0) is 15.5. The van der Waals surface area contributed by atoms with Crippen molar-refractivity contribution in [3.63, 3.8) is 0 Å². The fourth-order valence-electron chi connectivity index (χ4n) is 1.93. The second-order valence-corrected chi connectivity index (χ2v) is 7.59. The molecule has 1 rings (SSSR count). The summed E-state index contributed by atoms with van der Waals surface area (Å²) in [5.41, 5.74) is 2.64. The van der Waals surface area contributed by atoms with Gasteiger partial charge in [-0.25, -0.2) is 8.42 Å². The van der Waals surface area contributed by atoms with Gasteiger partial charge < -0.3 is 4.90 Å². The Bertz CT molecular complexity index is 571. The van der Waals surface area contributed by atoms with Crippen molar-refractivity contribution in [3.05, 3.63) is 28.8 Å². The number of halogens is 1. The highest BCUT2D eigenvalue weighted by Crippen LogP contribution is 2.24. The molecule has 114 valence electrons. The lowest BCUT2D eigenvalue weighted by Gasteiger charge is -2.21. The van der Waals surface area contributed by atoms with Crippen LogP contribution in [0, 0.1) is 13.8 Å². The Morgan fingerprint density at radius 3 is 2.15 bits per heavy atom. The van der Waals surface area contributed by atoms with E-state index in [1.54, 1.807) is 13.1 Å². The van der Waals surface area contributed by atoms with Gasteiger partial charge in [-0.05, 0) is 50.7 Å². The van der Waals surface area contributed by atoms with E-state index in [4.69, 9.17) is 11.6 Å². The lowest BCUT2D eigenvalue weighted by Crippen LogP contribution is -2.34. The molecule has 0 spiro atoms. The molecule has 0 heterocycles. The van der Waals surface area contributed by atoms with Crippen LogP contribution in [0.15, 0.2) is 17.0 Å². The summed E-state index contributed by atoms with van der Waals surface area (Å²) in [4.78, 5) is 2.30. The summed E-state index contributed by atoms with van der Waals surface area (Å²) in [5, 5.41) is 0. The lowest BCUT2D eigenvalue weighted by molar-refractivity contribution is 0.358. The van der Waals surface area contributed by atoms with Gasteiger partial charge in [0.1, 0.15) is 0 Å². The van der Waals surface area contributed by atoms with Crippen LogP contribution in [-0.2, 0) is 15.9 Å². The van der Waals surface area contributed by atoms with E-state index in [2.05, 4.69) is 0 Å². The van der Waals surface area contributed by atoms with Gasteiger partial charge in [-0.1, -0.05) is 6.07 Å². The van der Waals surface area contributed by atoms with Gasteiger partial charge in [-0.2, -0.15) is 4.31 Å². The number of rotatable bonds is 6. The molecule has 20 heavy (non-hydrogen) atoms. The van der Waals surface area contributed by atoms with E-state index in [-0.39, 0.29) is 0 Å². The van der Waals surface area contributed by atoms with Crippen molar-refractivity contribution in [1.82, 2.24) is 9.21 Å². The van der Waals surface area contributed by atoms with Gasteiger partial charge in [-0.3, -0.25) is 0 Å². The molecule has 0 aliphatic heterocycles. The molecular weight excluding hydrogens is 296 g/mol. The number of likely N-dealkylation sites (N-methyl/N-ethyl adjacent to an activating group) is 2. The monoisotopic (exact) mass is 318 g/mol. The third kappa shape index (κ3) is 3.95. The normalized spacial score (nSPS) is 12.4. The number of benzene rings is 1. The van der Waals surface area contributed by atoms with E-state index in [1.807, 2.05) is 38.9 Å². The molecule has 4 nitrogen and oxygen atoms in total. The first kappa shape index (κ1) is 17.4. The highest BCUT2D eigenvalue weighted by atomic mass is 35.5. The molecule has 0 saturated carbocycles. The zero-order valence-electron chi connectivity index (χ0n) is 12.8. The van der Waals surface area contributed by atoms with Crippen molar-refractivity contribution in [1.29, 1.82) is 0 Å². The lowest BCUT2D eigenvalue weighted by atomic mass is 10.1. The second kappa shape index (κ2) is 6.89. The van der Waals surface area contributed by atoms with Crippen molar-refractivity contribution in [3.8, 4) is 0 Å². The largest absolute Gasteiger partial charge is 0.308 e. The van der Waals surface area contributed by atoms with Crippen LogP contribution in [-0.4, -0.2) is 51.9 Å². The van der Waals surface area contributed by atoms with Crippen LogP contribution in [0.2, 0.25) is 0 Å². The van der Waals surface area contributed by atoms with Crippen molar-refractivity contribution in [2.45, 2.75) is 24.6 Å². The molecule has 0 atom stereocenters. The van der Waals surface area contributed by atoms with E-state index >= 15 is 0 Å². The van der Waals surface area contributed by atoms with Crippen molar-refractivity contribution in [2.75, 3.05) is 34.2 Å². The number of hydrogen-bond acceptors (Lipinski definition) is 3. The van der Waals surface area contributed by atoms with E-state index in [9.17, 15) is 8.42 Å². The minimum Gasteiger partial charge on any atom is -0.308 e. The molecule has 0 saturated heterocycles. The smallest absolute Gasteiger partial charge is 0.243 e. The van der Waals surface area contributed by atoms with Gasteiger partial charge in [0.05, 0.1) is 4.90 Å². The third-order valence-electron chi connectivity index (χ3n) is 3.33. The first-order valence-corrected chi connectivity index (χ1v) is 8.44. The molecule has 0 aromatic heterocycles. The van der Waals surface area contributed by atoms with E-state index in [0.717, 1.165) is 16.7 Å². The average molecular weight is 319 g/mol. The van der Waals surface area contributed by atoms with E-state index in [0.29, 0.717) is 23.9 Å². The molecule has 1 aromatic carbocycles. The Kier molecular flexibility index (Phi) is 6.01.